The molecule has 9 heteroatoms. The fourth-order valence-corrected chi connectivity index (χ4v) is 2.80. The largest absolute Gasteiger partial charge is 0.411 e. The molecule has 2 aromatic heterocycles. The van der Waals surface area contributed by atoms with Gasteiger partial charge in [0.1, 0.15) is 12.3 Å². The molecule has 0 aliphatic heterocycles. The Labute approximate surface area is 177 Å². The van der Waals surface area contributed by atoms with E-state index in [1.807, 2.05) is 42.6 Å². The fourth-order valence-electron chi connectivity index (χ4n) is 2.80. The first-order chi connectivity index (χ1) is 14.9. The van der Waals surface area contributed by atoms with Crippen LogP contribution in [-0.2, 0) is 16.1 Å². The summed E-state index contributed by atoms with van der Waals surface area (Å²) in [6.45, 7) is -1.03. The van der Waals surface area contributed by atoms with Crippen LogP contribution in [0.3, 0.4) is 0 Å². The van der Waals surface area contributed by atoms with Crippen molar-refractivity contribution in [2.24, 2.45) is 0 Å². The zero-order valence-corrected chi connectivity index (χ0v) is 16.5. The van der Waals surface area contributed by atoms with Gasteiger partial charge in [-0.1, -0.05) is 30.3 Å². The average Bonchev–Trinajstić information content (AvgIpc) is 3.15. The van der Waals surface area contributed by atoms with Crippen molar-refractivity contribution in [2.75, 3.05) is 19.8 Å². The van der Waals surface area contributed by atoms with Gasteiger partial charge in [0.15, 0.2) is 0 Å². The molecular weight excluding hydrogens is 409 g/mol. The Balaban J connectivity index is 1.66. The van der Waals surface area contributed by atoms with Crippen molar-refractivity contribution in [3.8, 4) is 11.3 Å². The highest BCUT2D eigenvalue weighted by Crippen LogP contribution is 2.23. The number of hydrogen-bond donors (Lipinski definition) is 1. The van der Waals surface area contributed by atoms with E-state index < -0.39 is 18.7 Å². The number of aromatic nitrogens is 3. The molecule has 0 saturated heterocycles. The van der Waals surface area contributed by atoms with Gasteiger partial charge >= 0.3 is 6.18 Å². The van der Waals surface area contributed by atoms with Crippen LogP contribution in [0.15, 0.2) is 67.1 Å². The Morgan fingerprint density at radius 1 is 1.16 bits per heavy atom. The molecule has 1 amide bonds. The Morgan fingerprint density at radius 2 is 1.97 bits per heavy atom. The summed E-state index contributed by atoms with van der Waals surface area (Å²) in [4.78, 5) is 16.1. The van der Waals surface area contributed by atoms with Gasteiger partial charge in [0.25, 0.3) is 0 Å². The number of ether oxygens (including phenoxy) is 1. The summed E-state index contributed by atoms with van der Waals surface area (Å²) in [6.07, 6.45) is 3.72. The molecule has 0 aliphatic carbocycles. The number of alkyl halides is 3. The minimum absolute atomic E-state index is 0.0258. The predicted molar refractivity (Wildman–Crippen MR) is 110 cm³/mol. The van der Waals surface area contributed by atoms with Crippen LogP contribution < -0.4 is 5.32 Å². The van der Waals surface area contributed by atoms with Crippen LogP contribution in [0, 0.1) is 0 Å². The van der Waals surface area contributed by atoms with Crippen LogP contribution >= 0.6 is 0 Å². The Hall–Kier alpha value is -3.46. The van der Waals surface area contributed by atoms with Gasteiger partial charge in [-0.25, -0.2) is 0 Å². The molecule has 3 rings (SSSR count). The molecule has 6 nitrogen and oxygen atoms in total. The average molecular weight is 430 g/mol. The van der Waals surface area contributed by atoms with Gasteiger partial charge in [-0.2, -0.15) is 18.3 Å². The second kappa shape index (κ2) is 10.5. The number of rotatable bonds is 9. The van der Waals surface area contributed by atoms with Crippen molar-refractivity contribution in [3.63, 3.8) is 0 Å². The van der Waals surface area contributed by atoms with Crippen molar-refractivity contribution in [1.29, 1.82) is 0 Å². The fraction of sp³-hybridized carbons (Fsp3) is 0.227. The maximum absolute atomic E-state index is 12.0. The van der Waals surface area contributed by atoms with E-state index in [0.29, 0.717) is 17.8 Å². The lowest BCUT2D eigenvalue weighted by molar-refractivity contribution is -0.173. The zero-order chi connectivity index (χ0) is 22.1. The first-order valence-corrected chi connectivity index (χ1v) is 9.53. The SMILES string of the molecule is O=C(C=Cc1cn(Cc2ccccc2)nc1-c1cccnc1)NCCOCC(F)(F)F. The van der Waals surface area contributed by atoms with Crippen molar-refractivity contribution in [3.05, 3.63) is 78.3 Å². The molecule has 0 saturated carbocycles. The lowest BCUT2D eigenvalue weighted by atomic mass is 10.1. The molecule has 0 radical (unpaired) electrons. The molecule has 0 unspecified atom stereocenters. The van der Waals surface area contributed by atoms with Crippen LogP contribution in [0.5, 0.6) is 0 Å². The number of halogens is 3. The third-order valence-corrected chi connectivity index (χ3v) is 4.14. The Morgan fingerprint density at radius 3 is 2.68 bits per heavy atom. The molecule has 0 bridgehead atoms. The van der Waals surface area contributed by atoms with Crippen molar-refractivity contribution in [2.45, 2.75) is 12.7 Å². The van der Waals surface area contributed by atoms with Crippen LogP contribution in [0.4, 0.5) is 13.2 Å². The molecular formula is C22H21F3N4O2. The first kappa shape index (κ1) is 22.2. The Bertz CT molecular complexity index is 1000. The van der Waals surface area contributed by atoms with E-state index in [2.05, 4.69) is 20.1 Å². The van der Waals surface area contributed by atoms with Gasteiger partial charge in [-0.05, 0) is 23.8 Å². The maximum atomic E-state index is 12.0. The van der Waals surface area contributed by atoms with Gasteiger partial charge in [0.2, 0.25) is 5.91 Å². The summed E-state index contributed by atoms with van der Waals surface area (Å²) in [5, 5.41) is 7.12. The van der Waals surface area contributed by atoms with Crippen molar-refractivity contribution in [1.82, 2.24) is 20.1 Å². The molecule has 0 atom stereocenters. The third-order valence-electron chi connectivity index (χ3n) is 4.14. The number of nitrogens with one attached hydrogen (secondary N) is 1. The van der Waals surface area contributed by atoms with Crippen LogP contribution in [0.25, 0.3) is 17.3 Å². The van der Waals surface area contributed by atoms with Crippen LogP contribution in [0.1, 0.15) is 11.1 Å². The van der Waals surface area contributed by atoms with E-state index in [0.717, 1.165) is 11.1 Å². The lowest BCUT2D eigenvalue weighted by Gasteiger charge is -2.07. The number of hydrogen-bond acceptors (Lipinski definition) is 4. The van der Waals surface area contributed by atoms with E-state index in [-0.39, 0.29) is 13.2 Å². The highest BCUT2D eigenvalue weighted by Gasteiger charge is 2.27. The second-order valence-corrected chi connectivity index (χ2v) is 6.65. The molecule has 2 heterocycles. The number of pyridine rings is 1. The normalized spacial score (nSPS) is 11.7. The summed E-state index contributed by atoms with van der Waals surface area (Å²) in [5.74, 6) is -0.441. The topological polar surface area (TPSA) is 69.0 Å². The number of carbonyl (C=O) groups is 1. The van der Waals surface area contributed by atoms with E-state index in [1.165, 1.54) is 6.08 Å². The molecule has 1 aromatic carbocycles. The number of nitrogens with zero attached hydrogens (tertiary/aromatic N) is 3. The molecule has 0 spiro atoms. The van der Waals surface area contributed by atoms with E-state index in [1.54, 1.807) is 29.2 Å². The summed E-state index contributed by atoms with van der Waals surface area (Å²) >= 11 is 0. The smallest absolute Gasteiger partial charge is 0.370 e. The minimum Gasteiger partial charge on any atom is -0.370 e. The molecule has 0 fully saturated rings. The number of carbonyl (C=O) groups excluding carboxylic acids is 1. The minimum atomic E-state index is -4.38. The monoisotopic (exact) mass is 430 g/mol. The van der Waals surface area contributed by atoms with Gasteiger partial charge in [-0.15, -0.1) is 0 Å². The van der Waals surface area contributed by atoms with Gasteiger partial charge in [0.05, 0.1) is 13.2 Å². The predicted octanol–water partition coefficient (Wildman–Crippen LogP) is 3.70. The molecule has 1 N–H and O–H groups in total. The lowest BCUT2D eigenvalue weighted by Crippen LogP contribution is -2.27. The van der Waals surface area contributed by atoms with Gasteiger partial charge < -0.3 is 10.1 Å². The maximum Gasteiger partial charge on any atom is 0.411 e. The zero-order valence-electron chi connectivity index (χ0n) is 16.5. The first-order valence-electron chi connectivity index (χ1n) is 9.53. The molecule has 31 heavy (non-hydrogen) atoms. The van der Waals surface area contributed by atoms with Crippen LogP contribution in [0.2, 0.25) is 0 Å². The summed E-state index contributed by atoms with van der Waals surface area (Å²) in [6, 6.07) is 13.5. The Kier molecular flexibility index (Phi) is 7.55. The van der Waals surface area contributed by atoms with E-state index in [4.69, 9.17) is 0 Å². The molecule has 0 aliphatic rings. The van der Waals surface area contributed by atoms with E-state index >= 15 is 0 Å². The third kappa shape index (κ3) is 7.38. The highest BCUT2D eigenvalue weighted by molar-refractivity contribution is 5.92. The number of amides is 1. The van der Waals surface area contributed by atoms with Gasteiger partial charge in [-0.3, -0.25) is 14.5 Å². The van der Waals surface area contributed by atoms with Gasteiger partial charge in [0, 0.05) is 42.3 Å². The second-order valence-electron chi connectivity index (χ2n) is 6.65. The standard InChI is InChI=1S/C22H21F3N4O2/c23-22(24,25)16-31-12-11-27-20(30)9-8-19-15-29(14-17-5-2-1-3-6-17)28-21(19)18-7-4-10-26-13-18/h1-10,13,15H,11-12,14,16H2,(H,27,30). The van der Waals surface area contributed by atoms with Crippen LogP contribution in [-0.4, -0.2) is 46.6 Å². The number of benzene rings is 1. The molecule has 162 valence electrons. The molecule has 3 aromatic rings. The summed E-state index contributed by atoms with van der Waals surface area (Å²) in [5.41, 5.74) is 3.26. The highest BCUT2D eigenvalue weighted by atomic mass is 19.4. The van der Waals surface area contributed by atoms with Crippen molar-refractivity contribution < 1.29 is 22.7 Å². The quantitative estimate of drug-likeness (QED) is 0.415. The van der Waals surface area contributed by atoms with Crippen molar-refractivity contribution >= 4 is 12.0 Å². The summed E-state index contributed by atoms with van der Waals surface area (Å²) < 4.78 is 42.3. The van der Waals surface area contributed by atoms with E-state index in [9.17, 15) is 18.0 Å². The summed E-state index contributed by atoms with van der Waals surface area (Å²) in [7, 11) is 0.